The maximum atomic E-state index is 12.6. The molecule has 32 heavy (non-hydrogen) atoms. The number of rotatable bonds is 5. The van der Waals surface area contributed by atoms with E-state index in [1.54, 1.807) is 0 Å². The van der Waals surface area contributed by atoms with Crippen LogP contribution < -0.4 is 10.6 Å². The van der Waals surface area contributed by atoms with E-state index in [9.17, 15) is 9.59 Å². The highest BCUT2D eigenvalue weighted by molar-refractivity contribution is 5.69. The van der Waals surface area contributed by atoms with Gasteiger partial charge in [-0.15, -0.1) is 0 Å². The molecule has 7 nitrogen and oxygen atoms in total. The zero-order chi connectivity index (χ0) is 23.5. The molecule has 2 N–H and O–H groups in total. The maximum Gasteiger partial charge on any atom is 0.410 e. The predicted molar refractivity (Wildman–Crippen MR) is 124 cm³/mol. The number of hydrogen-bond acceptors (Lipinski definition) is 5. The molecule has 0 aliphatic carbocycles. The van der Waals surface area contributed by atoms with Gasteiger partial charge in [-0.05, 0) is 78.4 Å². The molecule has 0 spiro atoms. The van der Waals surface area contributed by atoms with Crippen molar-refractivity contribution in [2.24, 2.45) is 0 Å². The Morgan fingerprint density at radius 3 is 1.88 bits per heavy atom. The van der Waals surface area contributed by atoms with Crippen molar-refractivity contribution >= 4 is 12.2 Å². The first-order valence-corrected chi connectivity index (χ1v) is 11.7. The first-order chi connectivity index (χ1) is 14.9. The molecule has 2 amide bonds. The number of carbonyl (C=O) groups excluding carboxylic acids is 2. The van der Waals surface area contributed by atoms with Crippen LogP contribution in [0.25, 0.3) is 0 Å². The van der Waals surface area contributed by atoms with E-state index in [2.05, 4.69) is 22.8 Å². The quantitative estimate of drug-likeness (QED) is 0.685. The molecule has 2 bridgehead atoms. The average molecular weight is 446 g/mol. The SMILES string of the molecule is CC(C)(C)OC(=O)NCc1ccc(CNC2CC3CCC(C2)N3C(=O)OC(C)(C)C)cc1. The molecule has 178 valence electrons. The number of nitrogens with one attached hydrogen (secondary N) is 2. The van der Waals surface area contributed by atoms with Gasteiger partial charge in [0.15, 0.2) is 0 Å². The highest BCUT2D eigenvalue weighted by Gasteiger charge is 2.44. The summed E-state index contributed by atoms with van der Waals surface area (Å²) >= 11 is 0. The second kappa shape index (κ2) is 9.69. The maximum absolute atomic E-state index is 12.6. The Balaban J connectivity index is 1.44. The molecular weight excluding hydrogens is 406 g/mol. The van der Waals surface area contributed by atoms with Crippen LogP contribution in [0, 0.1) is 0 Å². The van der Waals surface area contributed by atoms with Crippen LogP contribution >= 0.6 is 0 Å². The molecule has 0 aromatic heterocycles. The third-order valence-electron chi connectivity index (χ3n) is 5.79. The average Bonchev–Trinajstić information content (AvgIpc) is 2.93. The molecule has 2 saturated heterocycles. The normalized spacial score (nSPS) is 23.1. The van der Waals surface area contributed by atoms with Gasteiger partial charge in [-0.1, -0.05) is 24.3 Å². The van der Waals surface area contributed by atoms with E-state index in [0.29, 0.717) is 12.6 Å². The molecule has 3 rings (SSSR count). The Labute approximate surface area is 192 Å². The zero-order valence-electron chi connectivity index (χ0n) is 20.4. The summed E-state index contributed by atoms with van der Waals surface area (Å²) < 4.78 is 10.9. The van der Waals surface area contributed by atoms with Crippen molar-refractivity contribution in [1.82, 2.24) is 15.5 Å². The molecule has 2 fully saturated rings. The van der Waals surface area contributed by atoms with Crippen molar-refractivity contribution in [2.75, 3.05) is 0 Å². The molecular formula is C25H39N3O4. The largest absolute Gasteiger partial charge is 0.444 e. The van der Waals surface area contributed by atoms with E-state index >= 15 is 0 Å². The van der Waals surface area contributed by atoms with Gasteiger partial charge in [0, 0.05) is 31.2 Å². The van der Waals surface area contributed by atoms with Crippen LogP contribution in [0.3, 0.4) is 0 Å². The summed E-state index contributed by atoms with van der Waals surface area (Å²) in [5, 5.41) is 6.46. The summed E-state index contributed by atoms with van der Waals surface area (Å²) in [6, 6.07) is 9.17. The van der Waals surface area contributed by atoms with Gasteiger partial charge in [-0.25, -0.2) is 9.59 Å². The van der Waals surface area contributed by atoms with Crippen LogP contribution in [0.5, 0.6) is 0 Å². The lowest BCUT2D eigenvalue weighted by molar-refractivity contribution is 0.00463. The lowest BCUT2D eigenvalue weighted by atomic mass is 9.97. The van der Waals surface area contributed by atoms with Crippen LogP contribution in [0.1, 0.15) is 78.4 Å². The number of hydrogen-bond donors (Lipinski definition) is 2. The van der Waals surface area contributed by atoms with Gasteiger partial charge >= 0.3 is 12.2 Å². The number of fused-ring (bicyclic) bond motifs is 2. The van der Waals surface area contributed by atoms with E-state index < -0.39 is 17.3 Å². The number of benzene rings is 1. The van der Waals surface area contributed by atoms with Crippen LogP contribution in [-0.4, -0.2) is 46.4 Å². The fraction of sp³-hybridized carbons (Fsp3) is 0.680. The van der Waals surface area contributed by atoms with Gasteiger partial charge in [-0.3, -0.25) is 0 Å². The molecule has 0 radical (unpaired) electrons. The van der Waals surface area contributed by atoms with Crippen molar-refractivity contribution in [1.29, 1.82) is 0 Å². The van der Waals surface area contributed by atoms with E-state index in [1.165, 1.54) is 5.56 Å². The highest BCUT2D eigenvalue weighted by atomic mass is 16.6. The minimum Gasteiger partial charge on any atom is -0.444 e. The summed E-state index contributed by atoms with van der Waals surface area (Å²) in [7, 11) is 0. The fourth-order valence-electron chi connectivity index (χ4n) is 4.48. The number of nitrogens with zero attached hydrogens (tertiary/aromatic N) is 1. The van der Waals surface area contributed by atoms with Gasteiger partial charge in [0.25, 0.3) is 0 Å². The Bertz CT molecular complexity index is 781. The molecule has 2 atom stereocenters. The molecule has 2 aliphatic rings. The summed E-state index contributed by atoms with van der Waals surface area (Å²) in [6.45, 7) is 12.5. The fourth-order valence-corrected chi connectivity index (χ4v) is 4.48. The van der Waals surface area contributed by atoms with Crippen LogP contribution in [0.2, 0.25) is 0 Å². The Kier molecular flexibility index (Phi) is 7.38. The first-order valence-electron chi connectivity index (χ1n) is 11.7. The lowest BCUT2D eigenvalue weighted by Crippen LogP contribution is -2.52. The molecule has 2 heterocycles. The van der Waals surface area contributed by atoms with E-state index in [0.717, 1.165) is 37.8 Å². The number of piperidine rings is 1. The van der Waals surface area contributed by atoms with E-state index in [-0.39, 0.29) is 18.2 Å². The second-order valence-corrected chi connectivity index (χ2v) is 11.0. The second-order valence-electron chi connectivity index (χ2n) is 11.0. The molecule has 1 aromatic rings. The third-order valence-corrected chi connectivity index (χ3v) is 5.79. The first kappa shape index (κ1) is 24.4. The summed E-state index contributed by atoms with van der Waals surface area (Å²) in [5.41, 5.74) is 1.28. The molecule has 2 aliphatic heterocycles. The number of alkyl carbamates (subject to hydrolysis) is 1. The monoisotopic (exact) mass is 445 g/mol. The standard InChI is InChI=1S/C25H39N3O4/c1-24(2,3)31-22(29)27-16-18-9-7-17(8-10-18)15-26-19-13-20-11-12-21(14-19)28(20)23(30)32-25(4,5)6/h7-10,19-21,26H,11-16H2,1-6H3,(H,27,29). The molecule has 0 saturated carbocycles. The number of carbonyl (C=O) groups is 2. The van der Waals surface area contributed by atoms with E-state index in [4.69, 9.17) is 9.47 Å². The Morgan fingerprint density at radius 2 is 1.38 bits per heavy atom. The van der Waals surface area contributed by atoms with Gasteiger partial charge in [0.2, 0.25) is 0 Å². The van der Waals surface area contributed by atoms with Gasteiger partial charge < -0.3 is 25.0 Å². The van der Waals surface area contributed by atoms with Crippen molar-refractivity contribution in [3.63, 3.8) is 0 Å². The van der Waals surface area contributed by atoms with Crippen LogP contribution in [0.4, 0.5) is 9.59 Å². The number of amides is 2. The summed E-state index contributed by atoms with van der Waals surface area (Å²) in [6.07, 6.45) is 3.47. The Morgan fingerprint density at radius 1 is 0.875 bits per heavy atom. The van der Waals surface area contributed by atoms with Crippen LogP contribution in [-0.2, 0) is 22.6 Å². The summed E-state index contributed by atoms with van der Waals surface area (Å²) in [4.78, 5) is 26.4. The third kappa shape index (κ3) is 7.12. The lowest BCUT2D eigenvalue weighted by Gasteiger charge is -2.39. The smallest absolute Gasteiger partial charge is 0.410 e. The van der Waals surface area contributed by atoms with E-state index in [1.807, 2.05) is 58.6 Å². The number of ether oxygens (including phenoxy) is 2. The van der Waals surface area contributed by atoms with Crippen molar-refractivity contribution < 1.29 is 19.1 Å². The zero-order valence-corrected chi connectivity index (χ0v) is 20.4. The van der Waals surface area contributed by atoms with Crippen molar-refractivity contribution in [3.05, 3.63) is 35.4 Å². The van der Waals surface area contributed by atoms with Crippen molar-refractivity contribution in [3.8, 4) is 0 Å². The van der Waals surface area contributed by atoms with Gasteiger partial charge in [0.05, 0.1) is 0 Å². The van der Waals surface area contributed by atoms with Gasteiger partial charge in [-0.2, -0.15) is 0 Å². The molecule has 7 heteroatoms. The van der Waals surface area contributed by atoms with Crippen molar-refractivity contribution in [2.45, 2.75) is 110 Å². The summed E-state index contributed by atoms with van der Waals surface area (Å²) in [5.74, 6) is 0. The minimum atomic E-state index is -0.498. The molecule has 1 aromatic carbocycles. The Hall–Kier alpha value is -2.28. The highest BCUT2D eigenvalue weighted by Crippen LogP contribution is 2.36. The topological polar surface area (TPSA) is 79.9 Å². The van der Waals surface area contributed by atoms with Gasteiger partial charge in [0.1, 0.15) is 11.2 Å². The van der Waals surface area contributed by atoms with Crippen LogP contribution in [0.15, 0.2) is 24.3 Å². The predicted octanol–water partition coefficient (Wildman–Crippen LogP) is 4.73. The molecule has 2 unspecified atom stereocenters. The minimum absolute atomic E-state index is 0.168.